The zero-order chi connectivity index (χ0) is 15.7. The summed E-state index contributed by atoms with van der Waals surface area (Å²) in [4.78, 5) is 0.187. The van der Waals surface area contributed by atoms with Gasteiger partial charge in [-0.25, -0.2) is 17.5 Å². The van der Waals surface area contributed by atoms with Gasteiger partial charge in [-0.3, -0.25) is 0 Å². The Hall–Kier alpha value is -0.980. The van der Waals surface area contributed by atoms with Crippen molar-refractivity contribution in [2.45, 2.75) is 38.0 Å². The first-order valence-electron chi connectivity index (χ1n) is 7.05. The van der Waals surface area contributed by atoms with Crippen LogP contribution in [0.1, 0.15) is 30.4 Å². The van der Waals surface area contributed by atoms with E-state index in [-0.39, 0.29) is 10.3 Å². The third kappa shape index (κ3) is 3.81. The molecule has 1 aromatic rings. The summed E-state index contributed by atoms with van der Waals surface area (Å²) in [6, 6.07) is 2.50. The van der Waals surface area contributed by atoms with Gasteiger partial charge >= 0.3 is 0 Å². The number of ether oxygens (including phenoxy) is 1. The standard InChI is InChI=1S/C15H22FNO3S/c1-11-8-13(16)9-12(2)14(11)21(18,19)17-10-15(4-5-15)6-7-20-3/h8-9,17H,4-7,10H2,1-3H3. The third-order valence-electron chi connectivity index (χ3n) is 4.12. The van der Waals surface area contributed by atoms with Crippen molar-refractivity contribution < 1.29 is 17.5 Å². The van der Waals surface area contributed by atoms with Crippen LogP contribution in [0.2, 0.25) is 0 Å². The van der Waals surface area contributed by atoms with Gasteiger partial charge in [-0.2, -0.15) is 0 Å². The summed E-state index contributed by atoms with van der Waals surface area (Å²) in [6.45, 7) is 4.27. The number of hydrogen-bond donors (Lipinski definition) is 1. The van der Waals surface area contributed by atoms with E-state index in [0.717, 1.165) is 19.3 Å². The van der Waals surface area contributed by atoms with E-state index in [4.69, 9.17) is 4.74 Å². The van der Waals surface area contributed by atoms with Gasteiger partial charge in [-0.1, -0.05) is 0 Å². The van der Waals surface area contributed by atoms with E-state index in [2.05, 4.69) is 4.72 Å². The molecular weight excluding hydrogens is 293 g/mol. The summed E-state index contributed by atoms with van der Waals surface area (Å²) in [5.74, 6) is -0.414. The van der Waals surface area contributed by atoms with Gasteiger partial charge in [0.05, 0.1) is 4.90 Å². The number of nitrogens with one attached hydrogen (secondary N) is 1. The van der Waals surface area contributed by atoms with Crippen LogP contribution in [-0.2, 0) is 14.8 Å². The zero-order valence-corrected chi connectivity index (χ0v) is 13.5. The summed E-state index contributed by atoms with van der Waals surface area (Å²) < 4.78 is 46.0. The molecule has 1 aliphatic carbocycles. The van der Waals surface area contributed by atoms with Crippen molar-refractivity contribution in [2.24, 2.45) is 5.41 Å². The van der Waals surface area contributed by atoms with Crippen molar-refractivity contribution in [3.8, 4) is 0 Å². The highest BCUT2D eigenvalue weighted by atomic mass is 32.2. The maximum atomic E-state index is 13.3. The molecule has 0 aromatic heterocycles. The van der Waals surface area contributed by atoms with E-state index >= 15 is 0 Å². The second-order valence-corrected chi connectivity index (χ2v) is 7.64. The third-order valence-corrected chi connectivity index (χ3v) is 5.83. The fourth-order valence-corrected chi connectivity index (χ4v) is 4.26. The molecule has 6 heteroatoms. The van der Waals surface area contributed by atoms with E-state index in [0.29, 0.717) is 24.3 Å². The number of hydrogen-bond acceptors (Lipinski definition) is 3. The summed E-state index contributed by atoms with van der Waals surface area (Å²) in [5, 5.41) is 0. The Morgan fingerprint density at radius 2 is 1.86 bits per heavy atom. The molecule has 1 fully saturated rings. The maximum absolute atomic E-state index is 13.3. The number of aryl methyl sites for hydroxylation is 2. The van der Waals surface area contributed by atoms with E-state index in [9.17, 15) is 12.8 Å². The first-order chi connectivity index (χ1) is 9.80. The smallest absolute Gasteiger partial charge is 0.241 e. The number of methoxy groups -OCH3 is 1. The molecule has 0 spiro atoms. The fraction of sp³-hybridized carbons (Fsp3) is 0.600. The van der Waals surface area contributed by atoms with E-state index < -0.39 is 15.8 Å². The van der Waals surface area contributed by atoms with Crippen molar-refractivity contribution in [2.75, 3.05) is 20.3 Å². The fourth-order valence-electron chi connectivity index (χ4n) is 2.65. The largest absolute Gasteiger partial charge is 0.385 e. The minimum Gasteiger partial charge on any atom is -0.385 e. The Morgan fingerprint density at radius 3 is 2.33 bits per heavy atom. The van der Waals surface area contributed by atoms with Gasteiger partial charge in [0.25, 0.3) is 0 Å². The molecule has 21 heavy (non-hydrogen) atoms. The molecule has 0 bridgehead atoms. The Balaban J connectivity index is 2.13. The molecule has 1 saturated carbocycles. The minimum atomic E-state index is -3.61. The molecule has 1 N–H and O–H groups in total. The average Bonchev–Trinajstić information content (AvgIpc) is 3.13. The molecule has 0 radical (unpaired) electrons. The first-order valence-corrected chi connectivity index (χ1v) is 8.53. The number of sulfonamides is 1. The summed E-state index contributed by atoms with van der Waals surface area (Å²) in [6.07, 6.45) is 2.88. The van der Waals surface area contributed by atoms with E-state index in [1.54, 1.807) is 21.0 Å². The number of halogens is 1. The quantitative estimate of drug-likeness (QED) is 0.841. The number of rotatable bonds is 7. The van der Waals surface area contributed by atoms with Crippen LogP contribution in [0.4, 0.5) is 4.39 Å². The second-order valence-electron chi connectivity index (χ2n) is 5.94. The summed E-state index contributed by atoms with van der Waals surface area (Å²) in [7, 11) is -1.97. The minimum absolute atomic E-state index is 0.0327. The Labute approximate surface area is 125 Å². The van der Waals surface area contributed by atoms with Crippen molar-refractivity contribution in [1.82, 2.24) is 4.72 Å². The van der Waals surface area contributed by atoms with Crippen LogP contribution in [0.3, 0.4) is 0 Å². The van der Waals surface area contributed by atoms with Crippen molar-refractivity contribution >= 4 is 10.0 Å². The molecule has 0 amide bonds. The normalized spacial score (nSPS) is 17.0. The molecule has 0 atom stereocenters. The lowest BCUT2D eigenvalue weighted by atomic mass is 10.0. The molecule has 0 unspecified atom stereocenters. The van der Waals surface area contributed by atoms with Gasteiger partial charge in [-0.05, 0) is 61.8 Å². The lowest BCUT2D eigenvalue weighted by molar-refractivity contribution is 0.173. The lowest BCUT2D eigenvalue weighted by Gasteiger charge is -2.17. The van der Waals surface area contributed by atoms with Crippen molar-refractivity contribution in [3.05, 3.63) is 29.1 Å². The Kier molecular flexibility index (Phi) is 4.70. The van der Waals surface area contributed by atoms with Crippen molar-refractivity contribution in [3.63, 3.8) is 0 Å². The monoisotopic (exact) mass is 315 g/mol. The molecule has 1 aliphatic rings. The Bertz CT molecular complexity index is 601. The van der Waals surface area contributed by atoms with Gasteiger partial charge in [0.2, 0.25) is 10.0 Å². The molecule has 2 rings (SSSR count). The molecule has 1 aromatic carbocycles. The van der Waals surface area contributed by atoms with Gasteiger partial charge < -0.3 is 4.74 Å². The topological polar surface area (TPSA) is 55.4 Å². The second kappa shape index (κ2) is 6.02. The molecular formula is C15H22FNO3S. The summed E-state index contributed by atoms with van der Waals surface area (Å²) >= 11 is 0. The first kappa shape index (κ1) is 16.4. The SMILES string of the molecule is COCCC1(CNS(=O)(=O)c2c(C)cc(F)cc2C)CC1. The van der Waals surface area contributed by atoms with E-state index in [1.165, 1.54) is 12.1 Å². The molecule has 0 aliphatic heterocycles. The predicted octanol–water partition coefficient (Wildman–Crippen LogP) is 2.54. The lowest BCUT2D eigenvalue weighted by Crippen LogP contribution is -2.31. The van der Waals surface area contributed by atoms with Gasteiger partial charge in [0, 0.05) is 20.3 Å². The van der Waals surface area contributed by atoms with Gasteiger partial charge in [0.15, 0.2) is 0 Å². The van der Waals surface area contributed by atoms with Crippen LogP contribution in [0.15, 0.2) is 17.0 Å². The highest BCUT2D eigenvalue weighted by Crippen LogP contribution is 2.48. The van der Waals surface area contributed by atoms with Crippen molar-refractivity contribution in [1.29, 1.82) is 0 Å². The molecule has 0 heterocycles. The van der Waals surface area contributed by atoms with Crippen LogP contribution in [0, 0.1) is 25.1 Å². The maximum Gasteiger partial charge on any atom is 0.241 e. The van der Waals surface area contributed by atoms with Gasteiger partial charge in [-0.15, -0.1) is 0 Å². The molecule has 118 valence electrons. The molecule has 0 saturated heterocycles. The van der Waals surface area contributed by atoms with Gasteiger partial charge in [0.1, 0.15) is 5.82 Å². The predicted molar refractivity (Wildman–Crippen MR) is 79.2 cm³/mol. The van der Waals surface area contributed by atoms with Crippen LogP contribution in [-0.4, -0.2) is 28.7 Å². The highest BCUT2D eigenvalue weighted by Gasteiger charge is 2.42. The highest BCUT2D eigenvalue weighted by molar-refractivity contribution is 7.89. The number of benzene rings is 1. The Morgan fingerprint density at radius 1 is 1.29 bits per heavy atom. The average molecular weight is 315 g/mol. The van der Waals surface area contributed by atoms with Crippen LogP contribution < -0.4 is 4.72 Å². The van der Waals surface area contributed by atoms with Crippen LogP contribution in [0.5, 0.6) is 0 Å². The molecule has 4 nitrogen and oxygen atoms in total. The van der Waals surface area contributed by atoms with E-state index in [1.807, 2.05) is 0 Å². The summed E-state index contributed by atoms with van der Waals surface area (Å²) in [5.41, 5.74) is 0.897. The van der Waals surface area contributed by atoms with Crippen LogP contribution >= 0.6 is 0 Å². The van der Waals surface area contributed by atoms with Crippen LogP contribution in [0.25, 0.3) is 0 Å². The zero-order valence-electron chi connectivity index (χ0n) is 12.7.